The maximum atomic E-state index is 14.4. The van der Waals surface area contributed by atoms with Gasteiger partial charge in [-0.1, -0.05) is 85.8 Å². The Morgan fingerprint density at radius 2 is 0.933 bits per heavy atom. The first-order valence-corrected chi connectivity index (χ1v) is 35.9. The van der Waals surface area contributed by atoms with Gasteiger partial charge < -0.3 is 73.2 Å². The molecule has 1 aliphatic heterocycles. The maximum Gasteiger partial charge on any atom is 0.326 e. The highest BCUT2D eigenvalue weighted by Crippen LogP contribution is 2.29. The van der Waals surface area contributed by atoms with Gasteiger partial charge in [0.25, 0.3) is 0 Å². The number of hydrogen-bond donors (Lipinski definition) is 14. The van der Waals surface area contributed by atoms with E-state index in [1.54, 1.807) is 26.5 Å². The van der Waals surface area contributed by atoms with Crippen molar-refractivity contribution < 1.29 is 93.0 Å². The number of unbranched alkanes of at least 4 members (excludes halogenated alkanes) is 2. The van der Waals surface area contributed by atoms with Crippen LogP contribution in [0.1, 0.15) is 127 Å². The van der Waals surface area contributed by atoms with Crippen LogP contribution in [0, 0.1) is 22.7 Å². The summed E-state index contributed by atoms with van der Waals surface area (Å²) >= 11 is 0. The van der Waals surface area contributed by atoms with Crippen molar-refractivity contribution in [1.82, 2.24) is 62.1 Å². The first kappa shape index (κ1) is 85.9. The van der Waals surface area contributed by atoms with E-state index in [0.717, 1.165) is 33.9 Å². The minimum absolute atomic E-state index is 0.0546. The maximum absolute atomic E-state index is 14.4. The van der Waals surface area contributed by atoms with Crippen LogP contribution in [0.5, 0.6) is 0 Å². The Bertz CT molecular complexity index is 3380. The number of amides is 8. The number of nitrogens with one attached hydrogen (secondary N) is 8. The minimum atomic E-state index is -1.58. The Morgan fingerprint density at radius 1 is 0.457 bits per heavy atom. The Kier molecular flexibility index (Phi) is 37.2. The van der Waals surface area contributed by atoms with Crippen molar-refractivity contribution >= 4 is 88.1 Å². The smallest absolute Gasteiger partial charge is 0.326 e. The number of nitroso groups, excluding NO2 is 1. The first-order valence-electron chi connectivity index (χ1n) is 35.9. The van der Waals surface area contributed by atoms with Gasteiger partial charge in [0, 0.05) is 90.8 Å². The van der Waals surface area contributed by atoms with E-state index in [4.69, 9.17) is 5.11 Å². The van der Waals surface area contributed by atoms with Gasteiger partial charge in [0.15, 0.2) is 0 Å². The number of nitrogens with zero attached hydrogens (tertiary/aromatic N) is 5. The minimum Gasteiger partial charge on any atom is -0.481 e. The van der Waals surface area contributed by atoms with Crippen LogP contribution in [-0.2, 0) is 70.4 Å². The third-order valence-corrected chi connectivity index (χ3v) is 18.6. The first-order chi connectivity index (χ1) is 50.0. The second-order valence-corrected chi connectivity index (χ2v) is 27.5. The molecule has 0 spiro atoms. The van der Waals surface area contributed by atoms with Gasteiger partial charge in [0.05, 0.1) is 38.6 Å². The molecule has 8 amide bonds. The third kappa shape index (κ3) is 32.9. The molecule has 0 aromatic heterocycles. The Hall–Kier alpha value is -9.73. The zero-order valence-corrected chi connectivity index (χ0v) is 60.1. The molecule has 2 aliphatic rings. The molecule has 578 valence electrons. The van der Waals surface area contributed by atoms with Crippen molar-refractivity contribution in [3.05, 3.63) is 88.3 Å². The predicted octanol–water partition coefficient (Wildman–Crippen LogP) is 2.04. The van der Waals surface area contributed by atoms with Gasteiger partial charge in [-0.3, -0.25) is 67.5 Å². The van der Waals surface area contributed by atoms with E-state index >= 15 is 0 Å². The molecule has 6 unspecified atom stereocenters. The van der Waals surface area contributed by atoms with Gasteiger partial charge in [0.1, 0.15) is 30.2 Å². The molecule has 14 N–H and O–H groups in total. The lowest BCUT2D eigenvalue weighted by molar-refractivity contribution is -0.141. The summed E-state index contributed by atoms with van der Waals surface area (Å²) in [6.07, 6.45) is 2.70. The summed E-state index contributed by atoms with van der Waals surface area (Å²) in [4.78, 5) is 185. The summed E-state index contributed by atoms with van der Waals surface area (Å²) in [5.41, 5.74) is 2.62. The molecule has 3 aromatic rings. The van der Waals surface area contributed by atoms with Gasteiger partial charge in [-0.2, -0.15) is 4.91 Å². The van der Waals surface area contributed by atoms with Crippen molar-refractivity contribution in [2.24, 2.45) is 22.9 Å². The fraction of sp³-hybridized carbons (Fsp3) is 0.597. The number of rotatable bonds is 43. The van der Waals surface area contributed by atoms with Gasteiger partial charge >= 0.3 is 41.8 Å². The van der Waals surface area contributed by atoms with Gasteiger partial charge in [0.2, 0.25) is 35.4 Å². The average molecular weight is 1470 g/mol. The molecular formula is C72H105N13O20. The Morgan fingerprint density at radius 3 is 1.44 bits per heavy atom. The molecule has 33 heteroatoms. The number of carboxylic acids is 6. The number of hydrogen-bond acceptors (Lipinski definition) is 19. The van der Waals surface area contributed by atoms with E-state index in [0.29, 0.717) is 44.4 Å². The van der Waals surface area contributed by atoms with Crippen LogP contribution >= 0.6 is 0 Å². The SMILES string of the molecule is CC(C)Cc1ccc(C(C)C(=O)NC(CCN=O)C(=O)NCCCCC(NC(=O)CN2CCN(CC(=O)O)CCN(CC(=O)O)CCN(CC(=O)O)CC2)C(=O)NCC2CCC(C(=O)NC(Cc3ccc4ccccc4c3)C(=O)NCCCCC(NC(=O)NC(CCC(=O)O)C(=O)O)C(=O)O)CC2)cc1. The monoisotopic (exact) mass is 1470 g/mol. The van der Waals surface area contributed by atoms with Crippen molar-refractivity contribution in [2.45, 2.75) is 153 Å². The van der Waals surface area contributed by atoms with Gasteiger partial charge in [-0.15, -0.1) is 0 Å². The molecule has 1 saturated heterocycles. The highest BCUT2D eigenvalue weighted by Gasteiger charge is 2.33. The zero-order valence-electron chi connectivity index (χ0n) is 60.1. The van der Waals surface area contributed by atoms with Crippen LogP contribution in [0.25, 0.3) is 10.8 Å². The largest absolute Gasteiger partial charge is 0.481 e. The standard InChI is InChI=1S/C72H105N13O20/c1-46(2)38-48-14-19-51(20-15-48)47(3)65(95)78-56(26-29-76-105)67(97)73-27-8-6-12-55(77-60(86)42-82-30-32-83(43-62(89)90)34-36-85(45-64(93)94)37-35-84(33-31-82)44-63(91)92)68(98)75-41-49-16-22-53(23-17-49)66(96)79-59(40-50-18-21-52-10-4-5-11-54(52)39-50)69(99)74-28-9-7-13-57(70(100)101)80-72(104)81-58(71(102)103)24-25-61(87)88/h4-5,10-11,14-15,18-21,39,46-47,49,53,55-59H,6-9,12-13,16-17,22-38,40-45H2,1-3H3,(H,73,97)(H,74,99)(H,75,98)(H,77,86)(H,78,95)(H,79,96)(H,87,88)(H,89,90)(H,91,92)(H,93,94)(H,100,101)(H,102,103)(H2,80,81,104). The summed E-state index contributed by atoms with van der Waals surface area (Å²) in [6, 6.07) is 13.6. The van der Waals surface area contributed by atoms with Crippen LogP contribution in [0.4, 0.5) is 4.79 Å². The van der Waals surface area contributed by atoms with Crippen molar-refractivity contribution in [1.29, 1.82) is 0 Å². The summed E-state index contributed by atoms with van der Waals surface area (Å²) < 4.78 is 0. The normalized spacial score (nSPS) is 17.4. The van der Waals surface area contributed by atoms with E-state index in [-0.39, 0.29) is 155 Å². The lowest BCUT2D eigenvalue weighted by Crippen LogP contribution is -2.52. The van der Waals surface area contributed by atoms with E-state index in [1.807, 2.05) is 66.7 Å². The van der Waals surface area contributed by atoms with Crippen LogP contribution in [0.15, 0.2) is 71.9 Å². The molecule has 1 heterocycles. The molecular weight excluding hydrogens is 1370 g/mol. The zero-order chi connectivity index (χ0) is 77.0. The lowest BCUT2D eigenvalue weighted by Gasteiger charge is -2.33. The van der Waals surface area contributed by atoms with E-state index < -0.39 is 126 Å². The van der Waals surface area contributed by atoms with Crippen molar-refractivity contribution in [3.63, 3.8) is 0 Å². The van der Waals surface area contributed by atoms with E-state index in [9.17, 15) is 92.8 Å². The second kappa shape index (κ2) is 45.5. The number of carbonyl (C=O) groups is 13. The molecule has 6 atom stereocenters. The van der Waals surface area contributed by atoms with Crippen LogP contribution in [0.2, 0.25) is 0 Å². The van der Waals surface area contributed by atoms with Gasteiger partial charge in [-0.05, 0) is 130 Å². The number of urea groups is 1. The average Bonchev–Trinajstić information content (AvgIpc) is 0.836. The summed E-state index contributed by atoms with van der Waals surface area (Å²) in [6.45, 7) is 5.78. The highest BCUT2D eigenvalue weighted by atomic mass is 16.4. The number of carbonyl (C=O) groups excluding carboxylic acids is 7. The Balaban J connectivity index is 1.24. The Labute approximate surface area is 610 Å². The van der Waals surface area contributed by atoms with Crippen LogP contribution < -0.4 is 42.5 Å². The van der Waals surface area contributed by atoms with Crippen molar-refractivity contribution in [2.75, 3.05) is 105 Å². The van der Waals surface area contributed by atoms with Crippen LogP contribution in [0.3, 0.4) is 0 Å². The molecule has 1 aliphatic carbocycles. The molecule has 1 saturated carbocycles. The highest BCUT2D eigenvalue weighted by molar-refractivity contribution is 5.92. The number of benzene rings is 3. The molecule has 0 bridgehead atoms. The molecule has 5 rings (SSSR count). The fourth-order valence-corrected chi connectivity index (χ4v) is 12.7. The van der Waals surface area contributed by atoms with Gasteiger partial charge in [-0.25, -0.2) is 14.4 Å². The molecule has 105 heavy (non-hydrogen) atoms. The van der Waals surface area contributed by atoms with E-state index in [2.05, 4.69) is 61.6 Å². The second-order valence-electron chi connectivity index (χ2n) is 27.5. The molecule has 3 aromatic carbocycles. The number of carboxylic acid groups (broad SMARTS) is 6. The molecule has 2 fully saturated rings. The summed E-state index contributed by atoms with van der Waals surface area (Å²) in [5, 5.41) is 83.6. The molecule has 33 nitrogen and oxygen atoms in total. The van der Waals surface area contributed by atoms with E-state index in [1.165, 1.54) is 0 Å². The summed E-state index contributed by atoms with van der Waals surface area (Å²) in [5.74, 6) is -11.3. The molecule has 0 radical (unpaired) electrons. The fourth-order valence-electron chi connectivity index (χ4n) is 12.7. The summed E-state index contributed by atoms with van der Waals surface area (Å²) in [7, 11) is 0. The van der Waals surface area contributed by atoms with Crippen LogP contribution in [-0.4, -0.2) is 262 Å². The quantitative estimate of drug-likeness (QED) is 0.0285. The third-order valence-electron chi connectivity index (χ3n) is 18.6. The lowest BCUT2D eigenvalue weighted by atomic mass is 9.81. The number of fused-ring (bicyclic) bond motifs is 1. The predicted molar refractivity (Wildman–Crippen MR) is 384 cm³/mol. The van der Waals surface area contributed by atoms with Crippen molar-refractivity contribution in [3.8, 4) is 0 Å². The number of aliphatic carboxylic acids is 6. The topological polar surface area (TPSA) is 482 Å².